The average Bonchev–Trinajstić information content (AvgIpc) is 2.36. The van der Waals surface area contributed by atoms with E-state index in [9.17, 15) is 9.90 Å². The highest BCUT2D eigenvalue weighted by molar-refractivity contribution is 6.32. The van der Waals surface area contributed by atoms with Crippen LogP contribution in [0.15, 0.2) is 18.2 Å². The molecule has 0 aliphatic heterocycles. The van der Waals surface area contributed by atoms with Crippen molar-refractivity contribution in [1.29, 1.82) is 5.26 Å². The zero-order valence-corrected chi connectivity index (χ0v) is 10.7. The molecule has 5 nitrogen and oxygen atoms in total. The minimum Gasteiger partial charge on any atom is -0.488 e. The lowest BCUT2D eigenvalue weighted by Gasteiger charge is -2.20. The van der Waals surface area contributed by atoms with E-state index in [1.807, 2.05) is 6.07 Å². The second kappa shape index (κ2) is 5.71. The molecule has 1 atom stereocenters. The first kappa shape index (κ1) is 14.3. The Morgan fingerprint density at radius 3 is 2.78 bits per heavy atom. The zero-order valence-electron chi connectivity index (χ0n) is 9.94. The monoisotopic (exact) mass is 269 g/mol. The van der Waals surface area contributed by atoms with Crippen LogP contribution in [0.1, 0.15) is 12.5 Å². The van der Waals surface area contributed by atoms with Crippen LogP contribution in [0.2, 0.25) is 5.02 Å². The first-order chi connectivity index (χ1) is 8.40. The van der Waals surface area contributed by atoms with Crippen molar-refractivity contribution in [2.75, 3.05) is 13.7 Å². The van der Waals surface area contributed by atoms with Crippen LogP contribution in [0, 0.1) is 11.3 Å². The van der Waals surface area contributed by atoms with Crippen molar-refractivity contribution in [1.82, 2.24) is 0 Å². The highest BCUT2D eigenvalue weighted by Gasteiger charge is 2.32. The summed E-state index contributed by atoms with van der Waals surface area (Å²) < 4.78 is 9.66. The molecule has 0 aromatic heterocycles. The number of benzene rings is 1. The molecule has 1 unspecified atom stereocenters. The minimum absolute atomic E-state index is 0.231. The Labute approximate surface area is 109 Å². The van der Waals surface area contributed by atoms with Crippen molar-refractivity contribution in [2.45, 2.75) is 12.5 Å². The Morgan fingerprint density at radius 2 is 2.28 bits per heavy atom. The fourth-order valence-corrected chi connectivity index (χ4v) is 1.42. The number of ether oxygens (including phenoxy) is 2. The summed E-state index contributed by atoms with van der Waals surface area (Å²) in [6.45, 7) is 0.974. The van der Waals surface area contributed by atoms with Gasteiger partial charge >= 0.3 is 5.97 Å². The van der Waals surface area contributed by atoms with Gasteiger partial charge in [-0.25, -0.2) is 4.79 Å². The van der Waals surface area contributed by atoms with Crippen LogP contribution < -0.4 is 4.74 Å². The molecule has 1 rings (SSSR count). The average molecular weight is 270 g/mol. The minimum atomic E-state index is -1.76. The lowest BCUT2D eigenvalue weighted by atomic mass is 10.1. The largest absolute Gasteiger partial charge is 0.488 e. The van der Waals surface area contributed by atoms with Crippen LogP contribution in [0.5, 0.6) is 5.75 Å². The number of halogens is 1. The van der Waals surface area contributed by atoms with Crippen LogP contribution in [-0.2, 0) is 9.53 Å². The van der Waals surface area contributed by atoms with Gasteiger partial charge in [0.15, 0.2) is 5.60 Å². The number of methoxy groups -OCH3 is 1. The molecule has 0 aliphatic carbocycles. The summed E-state index contributed by atoms with van der Waals surface area (Å²) in [4.78, 5) is 11.2. The lowest BCUT2D eigenvalue weighted by Crippen LogP contribution is -2.42. The smallest absolute Gasteiger partial charge is 0.341 e. The Hall–Kier alpha value is -1.77. The molecule has 0 amide bonds. The maximum absolute atomic E-state index is 11.2. The fourth-order valence-electron chi connectivity index (χ4n) is 1.18. The maximum atomic E-state index is 11.2. The maximum Gasteiger partial charge on any atom is 0.341 e. The Kier molecular flexibility index (Phi) is 4.54. The van der Waals surface area contributed by atoms with Crippen molar-refractivity contribution in [3.05, 3.63) is 28.8 Å². The molecule has 6 heteroatoms. The van der Waals surface area contributed by atoms with E-state index in [0.29, 0.717) is 5.56 Å². The number of nitriles is 1. The van der Waals surface area contributed by atoms with Gasteiger partial charge in [-0.3, -0.25) is 0 Å². The van der Waals surface area contributed by atoms with Gasteiger partial charge in [0, 0.05) is 0 Å². The highest BCUT2D eigenvalue weighted by atomic mass is 35.5. The first-order valence-corrected chi connectivity index (χ1v) is 5.42. The topological polar surface area (TPSA) is 79.6 Å². The first-order valence-electron chi connectivity index (χ1n) is 5.04. The van der Waals surface area contributed by atoms with E-state index in [1.165, 1.54) is 32.2 Å². The van der Waals surface area contributed by atoms with Crippen molar-refractivity contribution < 1.29 is 19.4 Å². The van der Waals surface area contributed by atoms with Gasteiger partial charge < -0.3 is 14.6 Å². The van der Waals surface area contributed by atoms with E-state index in [2.05, 4.69) is 4.74 Å². The molecule has 18 heavy (non-hydrogen) atoms. The summed E-state index contributed by atoms with van der Waals surface area (Å²) in [5, 5.41) is 18.6. The Morgan fingerprint density at radius 1 is 1.61 bits per heavy atom. The number of rotatable bonds is 4. The molecule has 1 aromatic carbocycles. The number of carbonyl (C=O) groups excluding carboxylic acids is 1. The summed E-state index contributed by atoms with van der Waals surface area (Å²) in [5.74, 6) is -0.521. The van der Waals surface area contributed by atoms with Gasteiger partial charge in [-0.15, -0.1) is 0 Å². The van der Waals surface area contributed by atoms with Crippen LogP contribution in [0.25, 0.3) is 0 Å². The molecule has 0 saturated carbocycles. The standard InChI is InChI=1S/C12H12ClNO4/c1-12(16,11(15)17-2)7-18-10-4-3-8(6-14)5-9(10)13/h3-5,16H,7H2,1-2H3. The van der Waals surface area contributed by atoms with Crippen LogP contribution in [-0.4, -0.2) is 30.4 Å². The highest BCUT2D eigenvalue weighted by Crippen LogP contribution is 2.26. The van der Waals surface area contributed by atoms with Crippen LogP contribution in [0.3, 0.4) is 0 Å². The van der Waals surface area contributed by atoms with Gasteiger partial charge in [0.2, 0.25) is 0 Å². The molecule has 0 aliphatic rings. The molecule has 1 N–H and O–H groups in total. The quantitative estimate of drug-likeness (QED) is 0.838. The fraction of sp³-hybridized carbons (Fsp3) is 0.333. The second-order valence-corrected chi connectivity index (χ2v) is 4.22. The van der Waals surface area contributed by atoms with Crippen LogP contribution in [0.4, 0.5) is 0 Å². The van der Waals surface area contributed by atoms with Crippen molar-refractivity contribution in [3.8, 4) is 11.8 Å². The van der Waals surface area contributed by atoms with Gasteiger partial charge in [0.1, 0.15) is 12.4 Å². The summed E-state index contributed by atoms with van der Waals surface area (Å²) >= 11 is 5.88. The number of hydrogen-bond donors (Lipinski definition) is 1. The van der Waals surface area contributed by atoms with Gasteiger partial charge in [0.25, 0.3) is 0 Å². The zero-order chi connectivity index (χ0) is 13.8. The SMILES string of the molecule is COC(=O)C(C)(O)COc1ccc(C#N)cc1Cl. The Balaban J connectivity index is 2.76. The number of esters is 1. The molecule has 0 radical (unpaired) electrons. The number of aliphatic hydroxyl groups is 1. The van der Waals surface area contributed by atoms with Gasteiger partial charge in [-0.1, -0.05) is 11.6 Å². The summed E-state index contributed by atoms with van der Waals surface area (Å²) in [5.41, 5.74) is -1.36. The molecule has 0 spiro atoms. The summed E-state index contributed by atoms with van der Waals surface area (Å²) in [6.07, 6.45) is 0. The third kappa shape index (κ3) is 3.36. The summed E-state index contributed by atoms with van der Waals surface area (Å²) in [7, 11) is 1.17. The predicted octanol–water partition coefficient (Wildman–Crippen LogP) is 1.51. The van der Waals surface area contributed by atoms with Gasteiger partial charge in [-0.2, -0.15) is 5.26 Å². The molecule has 0 bridgehead atoms. The van der Waals surface area contributed by atoms with Gasteiger partial charge in [0.05, 0.1) is 23.8 Å². The van der Waals surface area contributed by atoms with E-state index in [0.717, 1.165) is 0 Å². The number of nitrogens with zero attached hydrogens (tertiary/aromatic N) is 1. The predicted molar refractivity (Wildman–Crippen MR) is 64.3 cm³/mol. The van der Waals surface area contributed by atoms with E-state index >= 15 is 0 Å². The lowest BCUT2D eigenvalue weighted by molar-refractivity contribution is -0.163. The van der Waals surface area contributed by atoms with Gasteiger partial charge in [-0.05, 0) is 25.1 Å². The molecule has 96 valence electrons. The van der Waals surface area contributed by atoms with E-state index < -0.39 is 11.6 Å². The number of hydrogen-bond acceptors (Lipinski definition) is 5. The van der Waals surface area contributed by atoms with E-state index in [4.69, 9.17) is 21.6 Å². The molecular formula is C12H12ClNO4. The molecule has 0 fully saturated rings. The van der Waals surface area contributed by atoms with Crippen molar-refractivity contribution >= 4 is 17.6 Å². The van der Waals surface area contributed by atoms with Crippen molar-refractivity contribution in [2.24, 2.45) is 0 Å². The third-order valence-electron chi connectivity index (χ3n) is 2.19. The summed E-state index contributed by atoms with van der Waals surface area (Å²) in [6, 6.07) is 6.38. The molecular weight excluding hydrogens is 258 g/mol. The van der Waals surface area contributed by atoms with Crippen molar-refractivity contribution in [3.63, 3.8) is 0 Å². The van der Waals surface area contributed by atoms with Crippen LogP contribution >= 0.6 is 11.6 Å². The third-order valence-corrected chi connectivity index (χ3v) is 2.49. The second-order valence-electron chi connectivity index (χ2n) is 3.81. The molecule has 0 heterocycles. The molecule has 0 saturated heterocycles. The normalized spacial score (nSPS) is 13.3. The molecule has 1 aromatic rings. The van der Waals surface area contributed by atoms with E-state index in [1.54, 1.807) is 0 Å². The van der Waals surface area contributed by atoms with E-state index in [-0.39, 0.29) is 17.4 Å². The number of carbonyl (C=O) groups is 1. The Bertz CT molecular complexity index is 493.